The molecule has 34 heavy (non-hydrogen) atoms. The Kier molecular flexibility index (Phi) is 8.29. The first-order valence-electron chi connectivity index (χ1n) is 12.5. The molecule has 0 radical (unpaired) electrons. The first-order valence-corrected chi connectivity index (χ1v) is 15.4. The SMILES string of the molecule is CC(C)=CCc1ccc2c(CCC3CCN(C(=O)O)CC3)noc2c1CO[Si](C)(C)C(C)(C)C. The Morgan fingerprint density at radius 2 is 1.94 bits per heavy atom. The second-order valence-corrected chi connectivity index (χ2v) is 16.3. The number of hydrogen-bond acceptors (Lipinski definition) is 4. The number of aromatic nitrogens is 1. The Bertz CT molecular complexity index is 1020. The van der Waals surface area contributed by atoms with E-state index in [1.54, 1.807) is 0 Å². The van der Waals surface area contributed by atoms with Crippen molar-refractivity contribution in [3.05, 3.63) is 40.6 Å². The molecule has 6 nitrogen and oxygen atoms in total. The fourth-order valence-electron chi connectivity index (χ4n) is 4.22. The van der Waals surface area contributed by atoms with E-state index in [4.69, 9.17) is 8.95 Å². The molecule has 2 aromatic rings. The van der Waals surface area contributed by atoms with Gasteiger partial charge >= 0.3 is 6.09 Å². The highest BCUT2D eigenvalue weighted by Crippen LogP contribution is 2.38. The van der Waals surface area contributed by atoms with Gasteiger partial charge in [0.25, 0.3) is 0 Å². The molecule has 1 aliphatic rings. The lowest BCUT2D eigenvalue weighted by Crippen LogP contribution is -2.40. The summed E-state index contributed by atoms with van der Waals surface area (Å²) in [6.07, 6.45) is 5.98. The van der Waals surface area contributed by atoms with Crippen LogP contribution in [0.15, 0.2) is 28.3 Å². The highest BCUT2D eigenvalue weighted by atomic mass is 28.4. The molecule has 7 heteroatoms. The average Bonchev–Trinajstić information content (AvgIpc) is 3.17. The molecule has 1 saturated heterocycles. The minimum atomic E-state index is -1.91. The highest BCUT2D eigenvalue weighted by molar-refractivity contribution is 6.74. The van der Waals surface area contributed by atoms with E-state index >= 15 is 0 Å². The number of rotatable bonds is 8. The van der Waals surface area contributed by atoms with Gasteiger partial charge in [-0.2, -0.15) is 0 Å². The van der Waals surface area contributed by atoms with Gasteiger partial charge in [0.15, 0.2) is 13.9 Å². The van der Waals surface area contributed by atoms with Crippen LogP contribution in [0.25, 0.3) is 11.0 Å². The number of aryl methyl sites for hydroxylation is 1. The first-order chi connectivity index (χ1) is 15.9. The first kappa shape index (κ1) is 26.5. The Hall–Kier alpha value is -2.12. The Balaban J connectivity index is 1.80. The molecule has 1 N–H and O–H groups in total. The normalized spacial score (nSPS) is 15.7. The molecular weight excluding hydrogens is 444 g/mol. The zero-order chi connectivity index (χ0) is 25.1. The molecule has 2 heterocycles. The number of piperidine rings is 1. The maximum absolute atomic E-state index is 11.2. The molecule has 0 spiro atoms. The maximum Gasteiger partial charge on any atom is 0.407 e. The highest BCUT2D eigenvalue weighted by Gasteiger charge is 2.37. The Morgan fingerprint density at radius 3 is 2.53 bits per heavy atom. The van der Waals surface area contributed by atoms with E-state index in [2.05, 4.69) is 71.1 Å². The van der Waals surface area contributed by atoms with E-state index in [0.717, 1.165) is 54.3 Å². The summed E-state index contributed by atoms with van der Waals surface area (Å²) in [5.74, 6) is 0.528. The summed E-state index contributed by atoms with van der Waals surface area (Å²) >= 11 is 0. The van der Waals surface area contributed by atoms with Crippen molar-refractivity contribution in [2.75, 3.05) is 13.1 Å². The summed E-state index contributed by atoms with van der Waals surface area (Å²) in [7, 11) is -1.91. The van der Waals surface area contributed by atoms with Crippen LogP contribution < -0.4 is 0 Å². The lowest BCUT2D eigenvalue weighted by Gasteiger charge is -2.36. The molecular formula is C27H42N2O4Si. The molecule has 0 saturated carbocycles. The Morgan fingerprint density at radius 1 is 1.26 bits per heavy atom. The van der Waals surface area contributed by atoms with Gasteiger partial charge < -0.3 is 19.0 Å². The van der Waals surface area contributed by atoms with Gasteiger partial charge in [-0.3, -0.25) is 0 Å². The summed E-state index contributed by atoms with van der Waals surface area (Å²) < 4.78 is 12.6. The fourth-order valence-corrected chi connectivity index (χ4v) is 5.15. The monoisotopic (exact) mass is 486 g/mol. The summed E-state index contributed by atoms with van der Waals surface area (Å²) in [5.41, 5.74) is 5.50. The molecule has 1 fully saturated rings. The van der Waals surface area contributed by atoms with Crippen LogP contribution in [0.3, 0.4) is 0 Å². The van der Waals surface area contributed by atoms with Gasteiger partial charge in [0, 0.05) is 24.0 Å². The molecule has 0 bridgehead atoms. The van der Waals surface area contributed by atoms with Crippen LogP contribution in [-0.4, -0.2) is 42.7 Å². The number of nitrogens with zero attached hydrogens (tertiary/aromatic N) is 2. The van der Waals surface area contributed by atoms with E-state index < -0.39 is 14.4 Å². The van der Waals surface area contributed by atoms with Gasteiger partial charge in [0.1, 0.15) is 0 Å². The third kappa shape index (κ3) is 6.30. The molecule has 0 atom stereocenters. The van der Waals surface area contributed by atoms with Crippen LogP contribution in [-0.2, 0) is 23.9 Å². The van der Waals surface area contributed by atoms with Gasteiger partial charge in [-0.05, 0) is 81.6 Å². The van der Waals surface area contributed by atoms with Gasteiger partial charge in [0.05, 0.1) is 12.3 Å². The molecule has 188 valence electrons. The molecule has 0 unspecified atom stereocenters. The number of hydrogen-bond donors (Lipinski definition) is 1. The van der Waals surface area contributed by atoms with Crippen LogP contribution in [0.2, 0.25) is 18.1 Å². The average molecular weight is 487 g/mol. The van der Waals surface area contributed by atoms with Crippen molar-refractivity contribution in [2.24, 2.45) is 5.92 Å². The summed E-state index contributed by atoms with van der Waals surface area (Å²) in [5, 5.41) is 14.9. The zero-order valence-electron chi connectivity index (χ0n) is 22.0. The predicted molar refractivity (Wildman–Crippen MR) is 140 cm³/mol. The molecule has 1 aromatic heterocycles. The predicted octanol–water partition coefficient (Wildman–Crippen LogP) is 7.18. The smallest absolute Gasteiger partial charge is 0.407 e. The minimum Gasteiger partial charge on any atom is -0.465 e. The van der Waals surface area contributed by atoms with Gasteiger partial charge in [-0.15, -0.1) is 0 Å². The number of likely N-dealkylation sites (tertiary alicyclic amines) is 1. The zero-order valence-corrected chi connectivity index (χ0v) is 23.0. The van der Waals surface area contributed by atoms with E-state index in [9.17, 15) is 9.90 Å². The quantitative estimate of drug-likeness (QED) is 0.316. The van der Waals surface area contributed by atoms with E-state index in [-0.39, 0.29) is 5.04 Å². The van der Waals surface area contributed by atoms with Crippen LogP contribution in [0.1, 0.15) is 70.7 Å². The number of carbonyl (C=O) groups is 1. The lowest BCUT2D eigenvalue weighted by atomic mass is 9.91. The standard InChI is InChI=1S/C27H42N2O4Si/c1-19(2)8-10-21-11-12-22-24(13-9-20-14-16-29(17-15-20)26(30)31)28-33-25(22)23(21)18-32-34(6,7)27(3,4)5/h8,11-12,20H,9-10,13-18H2,1-7H3,(H,30,31). The number of allylic oxidation sites excluding steroid dienone is 2. The van der Waals surface area contributed by atoms with Crippen LogP contribution in [0.4, 0.5) is 4.79 Å². The van der Waals surface area contributed by atoms with Crippen molar-refractivity contribution < 1.29 is 18.9 Å². The largest absolute Gasteiger partial charge is 0.465 e. The number of benzene rings is 1. The number of fused-ring (bicyclic) bond motifs is 1. The summed E-state index contributed by atoms with van der Waals surface area (Å²) in [6, 6.07) is 4.36. The summed E-state index contributed by atoms with van der Waals surface area (Å²) in [6.45, 7) is 17.4. The molecule has 1 amide bonds. The number of amides is 1. The van der Waals surface area contributed by atoms with Crippen LogP contribution >= 0.6 is 0 Å². The van der Waals surface area contributed by atoms with Crippen LogP contribution in [0, 0.1) is 5.92 Å². The van der Waals surface area contributed by atoms with Gasteiger partial charge in [-0.25, -0.2) is 4.79 Å². The maximum atomic E-state index is 11.2. The third-order valence-corrected chi connectivity index (χ3v) is 12.2. The minimum absolute atomic E-state index is 0.143. The fraction of sp³-hybridized carbons (Fsp3) is 0.630. The molecule has 1 aliphatic heterocycles. The topological polar surface area (TPSA) is 75.8 Å². The van der Waals surface area contributed by atoms with Crippen molar-refractivity contribution in [1.82, 2.24) is 10.1 Å². The van der Waals surface area contributed by atoms with Crippen LogP contribution in [0.5, 0.6) is 0 Å². The second kappa shape index (κ2) is 10.6. The van der Waals surface area contributed by atoms with Gasteiger partial charge in [0.2, 0.25) is 0 Å². The van der Waals surface area contributed by atoms with Gasteiger partial charge in [-0.1, -0.05) is 43.6 Å². The van der Waals surface area contributed by atoms with Crippen molar-refractivity contribution >= 4 is 25.4 Å². The van der Waals surface area contributed by atoms with Crippen molar-refractivity contribution in [1.29, 1.82) is 0 Å². The van der Waals surface area contributed by atoms with Crippen molar-refractivity contribution in [2.45, 2.75) is 91.5 Å². The third-order valence-electron chi connectivity index (χ3n) is 7.70. The van der Waals surface area contributed by atoms with Crippen molar-refractivity contribution in [3.8, 4) is 0 Å². The molecule has 1 aromatic carbocycles. The number of carboxylic acid groups (broad SMARTS) is 1. The Labute approximate surface area is 205 Å². The second-order valence-electron chi connectivity index (χ2n) is 11.5. The lowest BCUT2D eigenvalue weighted by molar-refractivity contribution is 0.123. The summed E-state index contributed by atoms with van der Waals surface area (Å²) in [4.78, 5) is 12.7. The molecule has 3 rings (SSSR count). The molecule has 0 aliphatic carbocycles. The van der Waals surface area contributed by atoms with Crippen molar-refractivity contribution in [3.63, 3.8) is 0 Å². The van der Waals surface area contributed by atoms with E-state index in [0.29, 0.717) is 25.6 Å². The van der Waals surface area contributed by atoms with E-state index in [1.165, 1.54) is 16.0 Å². The van der Waals surface area contributed by atoms with E-state index in [1.807, 2.05) is 0 Å².